The lowest BCUT2D eigenvalue weighted by Gasteiger charge is -2.19. The second kappa shape index (κ2) is 10.7. The molecule has 2 N–H and O–H groups in total. The van der Waals surface area contributed by atoms with Gasteiger partial charge in [-0.1, -0.05) is 0 Å². The zero-order valence-electron chi connectivity index (χ0n) is 17.1. The van der Waals surface area contributed by atoms with Crippen molar-refractivity contribution >= 4 is 24.0 Å². The van der Waals surface area contributed by atoms with Gasteiger partial charge in [0.25, 0.3) is 0 Å². The van der Waals surface area contributed by atoms with Gasteiger partial charge in [-0.25, -0.2) is 9.59 Å². The molecular weight excluding hydrogens is 378 g/mol. The molecule has 0 saturated heterocycles. The molecule has 2 amide bonds. The monoisotopic (exact) mass is 403 g/mol. The summed E-state index contributed by atoms with van der Waals surface area (Å²) in [5.41, 5.74) is 0.0890. The molecule has 9 nitrogen and oxygen atoms in total. The van der Waals surface area contributed by atoms with Gasteiger partial charge in [0.05, 0.1) is 25.3 Å². The molecule has 0 aliphatic rings. The lowest BCUT2D eigenvalue weighted by molar-refractivity contribution is -0.137. The highest BCUT2D eigenvalue weighted by Gasteiger charge is 2.16. The first kappa shape index (κ1) is 23.5. The number of amides is 2. The summed E-state index contributed by atoms with van der Waals surface area (Å²) in [7, 11) is 1.19. The van der Waals surface area contributed by atoms with Crippen LogP contribution < -0.4 is 15.4 Å². The van der Waals surface area contributed by atoms with Crippen LogP contribution in [0, 0.1) is 11.3 Å². The molecule has 0 heterocycles. The Labute approximate surface area is 169 Å². The first-order valence-electron chi connectivity index (χ1n) is 8.77. The Kier molecular flexibility index (Phi) is 8.68. The Bertz CT molecular complexity index is 834. The Morgan fingerprint density at radius 2 is 1.93 bits per heavy atom. The Morgan fingerprint density at radius 3 is 2.48 bits per heavy atom. The molecule has 1 rings (SSSR count). The molecule has 0 aliphatic carbocycles. The molecule has 0 atom stereocenters. The van der Waals surface area contributed by atoms with Crippen LogP contribution in [0.15, 0.2) is 23.9 Å². The molecule has 1 aromatic carbocycles. The van der Waals surface area contributed by atoms with Crippen LogP contribution in [0.25, 0.3) is 6.08 Å². The lowest BCUT2D eigenvalue weighted by atomic mass is 10.1. The maximum Gasteiger partial charge on any atom is 0.407 e. The van der Waals surface area contributed by atoms with E-state index in [-0.39, 0.29) is 18.8 Å². The summed E-state index contributed by atoms with van der Waals surface area (Å²) in [5.74, 6) is -0.886. The van der Waals surface area contributed by atoms with Crippen molar-refractivity contribution in [3.63, 3.8) is 0 Å². The van der Waals surface area contributed by atoms with E-state index in [0.29, 0.717) is 16.9 Å². The van der Waals surface area contributed by atoms with E-state index in [1.54, 1.807) is 32.9 Å². The Balaban J connectivity index is 2.95. The number of hydrogen-bond donors (Lipinski definition) is 2. The second-order valence-corrected chi connectivity index (χ2v) is 6.87. The van der Waals surface area contributed by atoms with Crippen LogP contribution in [0.1, 0.15) is 38.8 Å². The van der Waals surface area contributed by atoms with Gasteiger partial charge in [0.2, 0.25) is 5.91 Å². The summed E-state index contributed by atoms with van der Waals surface area (Å²) < 4.78 is 15.4. The molecule has 29 heavy (non-hydrogen) atoms. The SMILES string of the molecule is COC(=O)/C(=C\c1ccc(C#N)cc1OCCNC(=O)OC(C)(C)C)NC(C)=O. The molecule has 0 bridgehead atoms. The highest BCUT2D eigenvalue weighted by atomic mass is 16.6. The summed E-state index contributed by atoms with van der Waals surface area (Å²) >= 11 is 0. The average Bonchev–Trinajstić information content (AvgIpc) is 2.63. The molecule has 156 valence electrons. The third-order valence-electron chi connectivity index (χ3n) is 3.19. The van der Waals surface area contributed by atoms with E-state index in [0.717, 1.165) is 0 Å². The largest absolute Gasteiger partial charge is 0.491 e. The zero-order chi connectivity index (χ0) is 22.0. The number of rotatable bonds is 7. The van der Waals surface area contributed by atoms with Crippen molar-refractivity contribution in [1.29, 1.82) is 5.26 Å². The average molecular weight is 403 g/mol. The number of nitriles is 1. The molecule has 0 radical (unpaired) electrons. The van der Waals surface area contributed by atoms with E-state index < -0.39 is 23.6 Å². The minimum absolute atomic E-state index is 0.0820. The van der Waals surface area contributed by atoms with Gasteiger partial charge in [-0.05, 0) is 45.0 Å². The van der Waals surface area contributed by atoms with E-state index >= 15 is 0 Å². The van der Waals surface area contributed by atoms with Crippen LogP contribution in [0.5, 0.6) is 5.75 Å². The predicted octanol–water partition coefficient (Wildman–Crippen LogP) is 2.11. The van der Waals surface area contributed by atoms with Crippen molar-refractivity contribution in [2.45, 2.75) is 33.3 Å². The van der Waals surface area contributed by atoms with Gasteiger partial charge in [-0.2, -0.15) is 5.26 Å². The van der Waals surface area contributed by atoms with E-state index in [1.807, 2.05) is 6.07 Å². The number of ether oxygens (including phenoxy) is 3. The van der Waals surface area contributed by atoms with Crippen molar-refractivity contribution < 1.29 is 28.6 Å². The second-order valence-electron chi connectivity index (χ2n) is 6.87. The normalized spacial score (nSPS) is 11.1. The number of esters is 1. The fourth-order valence-corrected chi connectivity index (χ4v) is 2.08. The third-order valence-corrected chi connectivity index (χ3v) is 3.19. The number of carbonyl (C=O) groups is 3. The lowest BCUT2D eigenvalue weighted by Crippen LogP contribution is -2.34. The van der Waals surface area contributed by atoms with Gasteiger partial charge in [-0.15, -0.1) is 0 Å². The molecule has 0 aliphatic heterocycles. The van der Waals surface area contributed by atoms with E-state index in [4.69, 9.17) is 14.7 Å². The number of benzene rings is 1. The Morgan fingerprint density at radius 1 is 1.24 bits per heavy atom. The molecule has 0 saturated carbocycles. The van der Waals surface area contributed by atoms with Gasteiger partial charge in [0, 0.05) is 12.5 Å². The van der Waals surface area contributed by atoms with Gasteiger partial charge >= 0.3 is 12.1 Å². The topological polar surface area (TPSA) is 127 Å². The van der Waals surface area contributed by atoms with Crippen molar-refractivity contribution in [2.75, 3.05) is 20.3 Å². The van der Waals surface area contributed by atoms with Crippen molar-refractivity contribution in [1.82, 2.24) is 10.6 Å². The maximum atomic E-state index is 11.9. The number of alkyl carbamates (subject to hydrolysis) is 1. The van der Waals surface area contributed by atoms with Crippen molar-refractivity contribution in [2.24, 2.45) is 0 Å². The Hall–Kier alpha value is -3.54. The number of hydrogen-bond acceptors (Lipinski definition) is 7. The molecule has 1 aromatic rings. The quantitative estimate of drug-likeness (QED) is 0.405. The van der Waals surface area contributed by atoms with Crippen LogP contribution in [-0.2, 0) is 19.1 Å². The molecule has 0 unspecified atom stereocenters. The minimum atomic E-state index is -0.734. The summed E-state index contributed by atoms with van der Waals surface area (Å²) in [5, 5.41) is 14.1. The third kappa shape index (κ3) is 8.79. The van der Waals surface area contributed by atoms with E-state index in [2.05, 4.69) is 15.4 Å². The van der Waals surface area contributed by atoms with Crippen LogP contribution in [0.2, 0.25) is 0 Å². The molecule has 0 fully saturated rings. The van der Waals surface area contributed by atoms with Crippen molar-refractivity contribution in [3.05, 3.63) is 35.0 Å². The number of carbonyl (C=O) groups excluding carboxylic acids is 3. The highest BCUT2D eigenvalue weighted by Crippen LogP contribution is 2.23. The predicted molar refractivity (Wildman–Crippen MR) is 105 cm³/mol. The van der Waals surface area contributed by atoms with Crippen molar-refractivity contribution in [3.8, 4) is 11.8 Å². The van der Waals surface area contributed by atoms with Crippen LogP contribution in [0.3, 0.4) is 0 Å². The first-order chi connectivity index (χ1) is 13.6. The minimum Gasteiger partial charge on any atom is -0.491 e. The van der Waals surface area contributed by atoms with Crippen LogP contribution in [0.4, 0.5) is 4.79 Å². The molecule has 9 heteroatoms. The fourth-order valence-electron chi connectivity index (χ4n) is 2.08. The van der Waals surface area contributed by atoms with Gasteiger partial charge in [0.15, 0.2) is 0 Å². The van der Waals surface area contributed by atoms with Gasteiger partial charge < -0.3 is 24.8 Å². The summed E-state index contributed by atoms with van der Waals surface area (Å²) in [6, 6.07) is 6.60. The van der Waals surface area contributed by atoms with Crippen LogP contribution >= 0.6 is 0 Å². The zero-order valence-corrected chi connectivity index (χ0v) is 17.1. The molecule has 0 spiro atoms. The summed E-state index contributed by atoms with van der Waals surface area (Å²) in [6.45, 7) is 6.76. The summed E-state index contributed by atoms with van der Waals surface area (Å²) in [6.07, 6.45) is 0.802. The van der Waals surface area contributed by atoms with Crippen LogP contribution in [-0.4, -0.2) is 43.8 Å². The standard InChI is InChI=1S/C20H25N3O6/c1-13(24)23-16(18(25)27-5)11-15-7-6-14(12-21)10-17(15)28-9-8-22-19(26)29-20(2,3)4/h6-7,10-11H,8-9H2,1-5H3,(H,22,26)(H,23,24)/b16-11+. The first-order valence-corrected chi connectivity index (χ1v) is 8.77. The number of methoxy groups -OCH3 is 1. The fraction of sp³-hybridized carbons (Fsp3) is 0.400. The summed E-state index contributed by atoms with van der Waals surface area (Å²) in [4.78, 5) is 34.9. The van der Waals surface area contributed by atoms with Gasteiger partial charge in [0.1, 0.15) is 23.7 Å². The number of nitrogens with zero attached hydrogens (tertiary/aromatic N) is 1. The van der Waals surface area contributed by atoms with E-state index in [1.165, 1.54) is 26.2 Å². The highest BCUT2D eigenvalue weighted by molar-refractivity contribution is 5.97. The maximum absolute atomic E-state index is 11.9. The number of nitrogens with one attached hydrogen (secondary N) is 2. The molecular formula is C20H25N3O6. The van der Waals surface area contributed by atoms with Gasteiger partial charge in [-0.3, -0.25) is 4.79 Å². The van der Waals surface area contributed by atoms with E-state index in [9.17, 15) is 14.4 Å². The smallest absolute Gasteiger partial charge is 0.407 e. The molecule has 0 aromatic heterocycles.